The molecule has 2 rings (SSSR count). The zero-order chi connectivity index (χ0) is 13.8. The second kappa shape index (κ2) is 6.22. The first-order chi connectivity index (χ1) is 9.11. The average molecular weight is 320 g/mol. The SMILES string of the molecule is CC(C)c1ccccc1Oc1ccc(Br)cc1CN. The standard InChI is InChI=1S/C16H18BrNO/c1-11(2)14-5-3-4-6-16(14)19-15-8-7-13(17)9-12(15)10-18/h3-9,11H,10,18H2,1-2H3. The molecule has 0 radical (unpaired) electrons. The van der Waals surface area contributed by atoms with Crippen LogP contribution in [0.5, 0.6) is 11.5 Å². The molecule has 0 fully saturated rings. The van der Waals surface area contributed by atoms with Crippen molar-refractivity contribution in [2.45, 2.75) is 26.3 Å². The smallest absolute Gasteiger partial charge is 0.132 e. The molecule has 0 aromatic heterocycles. The maximum Gasteiger partial charge on any atom is 0.132 e. The van der Waals surface area contributed by atoms with E-state index in [4.69, 9.17) is 10.5 Å². The van der Waals surface area contributed by atoms with Gasteiger partial charge in [0.2, 0.25) is 0 Å². The third kappa shape index (κ3) is 3.37. The monoisotopic (exact) mass is 319 g/mol. The number of hydrogen-bond donors (Lipinski definition) is 1. The van der Waals surface area contributed by atoms with Gasteiger partial charge < -0.3 is 10.5 Å². The fourth-order valence-electron chi connectivity index (χ4n) is 1.98. The number of ether oxygens (including phenoxy) is 1. The lowest BCUT2D eigenvalue weighted by Crippen LogP contribution is -2.01. The highest BCUT2D eigenvalue weighted by Gasteiger charge is 2.10. The maximum atomic E-state index is 6.05. The average Bonchev–Trinajstić information content (AvgIpc) is 2.41. The van der Waals surface area contributed by atoms with E-state index in [9.17, 15) is 0 Å². The highest BCUT2D eigenvalue weighted by molar-refractivity contribution is 9.10. The Hall–Kier alpha value is -1.32. The number of rotatable bonds is 4. The van der Waals surface area contributed by atoms with Gasteiger partial charge in [-0.1, -0.05) is 48.0 Å². The highest BCUT2D eigenvalue weighted by Crippen LogP contribution is 2.32. The van der Waals surface area contributed by atoms with Crippen molar-refractivity contribution in [3.05, 3.63) is 58.1 Å². The second-order valence-corrected chi connectivity index (χ2v) is 5.67. The first-order valence-electron chi connectivity index (χ1n) is 6.37. The number of nitrogens with two attached hydrogens (primary N) is 1. The Kier molecular flexibility index (Phi) is 4.61. The summed E-state index contributed by atoms with van der Waals surface area (Å²) in [6, 6.07) is 14.0. The molecule has 0 saturated carbocycles. The molecule has 0 bridgehead atoms. The summed E-state index contributed by atoms with van der Waals surface area (Å²) in [5, 5.41) is 0. The Bertz CT molecular complexity index is 566. The van der Waals surface area contributed by atoms with Gasteiger partial charge in [-0.15, -0.1) is 0 Å². The molecule has 0 aliphatic carbocycles. The molecule has 0 aliphatic rings. The van der Waals surface area contributed by atoms with Crippen LogP contribution in [0.15, 0.2) is 46.9 Å². The minimum atomic E-state index is 0.424. The van der Waals surface area contributed by atoms with Gasteiger partial charge in [0.15, 0.2) is 0 Å². The summed E-state index contributed by atoms with van der Waals surface area (Å²) in [4.78, 5) is 0. The first kappa shape index (κ1) is 14.1. The molecule has 2 nitrogen and oxygen atoms in total. The molecule has 0 atom stereocenters. The molecule has 0 unspecified atom stereocenters. The summed E-state index contributed by atoms with van der Waals surface area (Å²) in [7, 11) is 0. The predicted octanol–water partition coefficient (Wildman–Crippen LogP) is 4.82. The van der Waals surface area contributed by atoms with Crippen LogP contribution < -0.4 is 10.5 Å². The molecule has 0 spiro atoms. The number of para-hydroxylation sites is 1. The number of halogens is 1. The van der Waals surface area contributed by atoms with Crippen LogP contribution >= 0.6 is 15.9 Å². The third-order valence-corrected chi connectivity index (χ3v) is 3.50. The van der Waals surface area contributed by atoms with E-state index in [1.807, 2.05) is 36.4 Å². The maximum absolute atomic E-state index is 6.05. The van der Waals surface area contributed by atoms with Gasteiger partial charge in [-0.3, -0.25) is 0 Å². The van der Waals surface area contributed by atoms with E-state index in [2.05, 4.69) is 35.8 Å². The van der Waals surface area contributed by atoms with E-state index < -0.39 is 0 Å². The molecule has 0 amide bonds. The third-order valence-electron chi connectivity index (χ3n) is 3.00. The van der Waals surface area contributed by atoms with Gasteiger partial charge >= 0.3 is 0 Å². The van der Waals surface area contributed by atoms with Crippen LogP contribution in [0.2, 0.25) is 0 Å². The van der Waals surface area contributed by atoms with Crippen LogP contribution in [0.1, 0.15) is 30.9 Å². The van der Waals surface area contributed by atoms with Crippen LogP contribution in [-0.2, 0) is 6.54 Å². The van der Waals surface area contributed by atoms with Crippen molar-refractivity contribution >= 4 is 15.9 Å². The number of benzene rings is 2. The van der Waals surface area contributed by atoms with E-state index in [-0.39, 0.29) is 0 Å². The number of hydrogen-bond acceptors (Lipinski definition) is 2. The molecule has 2 aromatic carbocycles. The Balaban J connectivity index is 2.36. The fourth-order valence-corrected chi connectivity index (χ4v) is 2.38. The summed E-state index contributed by atoms with van der Waals surface area (Å²) in [6.45, 7) is 4.78. The highest BCUT2D eigenvalue weighted by atomic mass is 79.9. The Labute approximate surface area is 122 Å². The van der Waals surface area contributed by atoms with Gasteiger partial charge in [-0.2, -0.15) is 0 Å². The van der Waals surface area contributed by atoms with Crippen LogP contribution in [-0.4, -0.2) is 0 Å². The molecule has 2 N–H and O–H groups in total. The summed E-state index contributed by atoms with van der Waals surface area (Å²) in [5.74, 6) is 2.14. The van der Waals surface area contributed by atoms with E-state index in [0.29, 0.717) is 12.5 Å². The van der Waals surface area contributed by atoms with Crippen molar-refractivity contribution < 1.29 is 4.74 Å². The Morgan fingerprint density at radius 3 is 2.53 bits per heavy atom. The lowest BCUT2D eigenvalue weighted by molar-refractivity contribution is 0.467. The van der Waals surface area contributed by atoms with Crippen molar-refractivity contribution in [1.82, 2.24) is 0 Å². The van der Waals surface area contributed by atoms with Crippen LogP contribution in [0.4, 0.5) is 0 Å². The quantitative estimate of drug-likeness (QED) is 0.876. The molecule has 0 aliphatic heterocycles. The molecular formula is C16H18BrNO. The summed E-state index contributed by atoms with van der Waals surface area (Å²) >= 11 is 3.45. The van der Waals surface area contributed by atoms with E-state index in [1.54, 1.807) is 0 Å². The minimum Gasteiger partial charge on any atom is -0.457 e. The largest absolute Gasteiger partial charge is 0.457 e. The summed E-state index contributed by atoms with van der Waals surface area (Å²) in [6.07, 6.45) is 0. The predicted molar refractivity (Wildman–Crippen MR) is 82.6 cm³/mol. The van der Waals surface area contributed by atoms with E-state index in [1.165, 1.54) is 5.56 Å². The second-order valence-electron chi connectivity index (χ2n) is 4.75. The minimum absolute atomic E-state index is 0.424. The lowest BCUT2D eigenvalue weighted by atomic mass is 10.0. The molecule has 0 saturated heterocycles. The summed E-state index contributed by atoms with van der Waals surface area (Å²) < 4.78 is 7.06. The van der Waals surface area contributed by atoms with Crippen LogP contribution in [0.3, 0.4) is 0 Å². The topological polar surface area (TPSA) is 35.2 Å². The van der Waals surface area contributed by atoms with E-state index in [0.717, 1.165) is 21.5 Å². The van der Waals surface area contributed by atoms with Crippen molar-refractivity contribution in [3.8, 4) is 11.5 Å². The molecule has 3 heteroatoms. The normalized spacial score (nSPS) is 10.8. The van der Waals surface area contributed by atoms with Crippen LogP contribution in [0.25, 0.3) is 0 Å². The van der Waals surface area contributed by atoms with Gasteiger partial charge in [0.1, 0.15) is 11.5 Å². The zero-order valence-corrected chi connectivity index (χ0v) is 12.8. The van der Waals surface area contributed by atoms with Gasteiger partial charge in [0.25, 0.3) is 0 Å². The Morgan fingerprint density at radius 1 is 1.11 bits per heavy atom. The molecule has 2 aromatic rings. The van der Waals surface area contributed by atoms with E-state index >= 15 is 0 Å². The lowest BCUT2D eigenvalue weighted by Gasteiger charge is -2.15. The molecule has 0 heterocycles. The van der Waals surface area contributed by atoms with Crippen LogP contribution in [0, 0.1) is 0 Å². The van der Waals surface area contributed by atoms with Crippen molar-refractivity contribution in [3.63, 3.8) is 0 Å². The van der Waals surface area contributed by atoms with Gasteiger partial charge in [-0.05, 0) is 35.7 Å². The van der Waals surface area contributed by atoms with Crippen molar-refractivity contribution in [2.24, 2.45) is 5.73 Å². The molecular weight excluding hydrogens is 302 g/mol. The summed E-state index contributed by atoms with van der Waals surface area (Å²) in [5.41, 5.74) is 7.97. The van der Waals surface area contributed by atoms with Crippen molar-refractivity contribution in [1.29, 1.82) is 0 Å². The molecule has 19 heavy (non-hydrogen) atoms. The van der Waals surface area contributed by atoms with Gasteiger partial charge in [0.05, 0.1) is 0 Å². The fraction of sp³-hybridized carbons (Fsp3) is 0.250. The molecule has 100 valence electrons. The van der Waals surface area contributed by atoms with Gasteiger partial charge in [0, 0.05) is 16.6 Å². The van der Waals surface area contributed by atoms with Crippen molar-refractivity contribution in [2.75, 3.05) is 0 Å². The first-order valence-corrected chi connectivity index (χ1v) is 7.16. The Morgan fingerprint density at radius 2 is 1.84 bits per heavy atom. The van der Waals surface area contributed by atoms with Gasteiger partial charge in [-0.25, -0.2) is 0 Å². The zero-order valence-electron chi connectivity index (χ0n) is 11.2.